The van der Waals surface area contributed by atoms with E-state index in [1.807, 2.05) is 0 Å². The van der Waals surface area contributed by atoms with Crippen molar-refractivity contribution in [1.82, 2.24) is 5.32 Å². The number of rotatable bonds is 5. The van der Waals surface area contributed by atoms with E-state index in [0.29, 0.717) is 12.1 Å². The molecule has 0 saturated carbocycles. The zero-order valence-electron chi connectivity index (χ0n) is 9.74. The van der Waals surface area contributed by atoms with Crippen molar-refractivity contribution in [2.45, 2.75) is 11.1 Å². The van der Waals surface area contributed by atoms with Gasteiger partial charge in [-0.25, -0.2) is 8.42 Å². The van der Waals surface area contributed by atoms with E-state index in [4.69, 9.17) is 16.7 Å². The molecule has 112 valence electrons. The number of sulfone groups is 1. The van der Waals surface area contributed by atoms with Crippen molar-refractivity contribution in [1.29, 1.82) is 0 Å². The molecule has 0 saturated heterocycles. The van der Waals surface area contributed by atoms with Crippen LogP contribution in [-0.2, 0) is 20.8 Å². The van der Waals surface area contributed by atoms with Crippen molar-refractivity contribution < 1.29 is 31.5 Å². The van der Waals surface area contributed by atoms with Crippen LogP contribution in [0.25, 0.3) is 0 Å². The SMILES string of the molecule is O=C(O)CNCS(=O)(=O)c1ccc(C(F)(F)F)cc1Cl. The molecule has 0 fully saturated rings. The number of carboxylic acids is 1. The highest BCUT2D eigenvalue weighted by molar-refractivity contribution is 7.91. The highest BCUT2D eigenvalue weighted by Gasteiger charge is 2.32. The summed E-state index contributed by atoms with van der Waals surface area (Å²) < 4.78 is 60.8. The monoisotopic (exact) mass is 331 g/mol. The zero-order chi connectivity index (χ0) is 15.6. The van der Waals surface area contributed by atoms with E-state index in [1.54, 1.807) is 0 Å². The molecule has 0 spiro atoms. The van der Waals surface area contributed by atoms with Crippen molar-refractivity contribution in [2.24, 2.45) is 0 Å². The summed E-state index contributed by atoms with van der Waals surface area (Å²) in [5, 5.41) is 9.91. The first-order valence-electron chi connectivity index (χ1n) is 5.06. The molecule has 0 aliphatic rings. The second-order valence-corrected chi connectivity index (χ2v) is 6.09. The number of carboxylic acid groups (broad SMARTS) is 1. The maximum absolute atomic E-state index is 12.4. The number of hydrogen-bond donors (Lipinski definition) is 2. The van der Waals surface area contributed by atoms with Gasteiger partial charge in [0.2, 0.25) is 0 Å². The molecule has 0 atom stereocenters. The number of halogens is 4. The Kier molecular flexibility index (Phi) is 5.00. The minimum Gasteiger partial charge on any atom is -0.480 e. The third kappa shape index (κ3) is 4.36. The Morgan fingerprint density at radius 2 is 1.95 bits per heavy atom. The fourth-order valence-corrected chi connectivity index (χ4v) is 2.99. The molecule has 0 radical (unpaired) electrons. The Balaban J connectivity index is 2.99. The Morgan fingerprint density at radius 3 is 2.40 bits per heavy atom. The van der Waals surface area contributed by atoms with E-state index in [9.17, 15) is 26.4 Å². The lowest BCUT2D eigenvalue weighted by Crippen LogP contribution is -2.28. The van der Waals surface area contributed by atoms with Crippen molar-refractivity contribution in [3.63, 3.8) is 0 Å². The van der Waals surface area contributed by atoms with Gasteiger partial charge >= 0.3 is 12.1 Å². The molecule has 0 aliphatic heterocycles. The van der Waals surface area contributed by atoms with Gasteiger partial charge < -0.3 is 5.11 Å². The van der Waals surface area contributed by atoms with Crippen molar-refractivity contribution in [3.05, 3.63) is 28.8 Å². The molecule has 0 aliphatic carbocycles. The number of nitrogens with one attached hydrogen (secondary N) is 1. The maximum atomic E-state index is 12.4. The molecule has 0 bridgehead atoms. The van der Waals surface area contributed by atoms with Gasteiger partial charge in [0, 0.05) is 0 Å². The van der Waals surface area contributed by atoms with Crippen LogP contribution in [0.2, 0.25) is 5.02 Å². The molecule has 0 amide bonds. The predicted molar refractivity (Wildman–Crippen MR) is 64.1 cm³/mol. The van der Waals surface area contributed by atoms with Gasteiger partial charge in [0.15, 0.2) is 9.84 Å². The van der Waals surface area contributed by atoms with E-state index in [0.717, 1.165) is 6.07 Å². The topological polar surface area (TPSA) is 83.5 Å². The normalized spacial score (nSPS) is 12.4. The maximum Gasteiger partial charge on any atom is 0.416 e. The summed E-state index contributed by atoms with van der Waals surface area (Å²) in [5.41, 5.74) is -1.07. The molecule has 0 unspecified atom stereocenters. The van der Waals surface area contributed by atoms with Gasteiger partial charge in [-0.05, 0) is 18.2 Å². The molecule has 1 aromatic rings. The highest BCUT2D eigenvalue weighted by atomic mass is 35.5. The van der Waals surface area contributed by atoms with E-state index in [-0.39, 0.29) is 0 Å². The second kappa shape index (κ2) is 5.98. The van der Waals surface area contributed by atoms with Gasteiger partial charge in [0.1, 0.15) is 5.88 Å². The molecular weight excluding hydrogens is 323 g/mol. The smallest absolute Gasteiger partial charge is 0.416 e. The Bertz CT molecular complexity index is 615. The van der Waals surface area contributed by atoms with Gasteiger partial charge in [0.05, 0.1) is 22.0 Å². The molecule has 0 aromatic heterocycles. The third-order valence-electron chi connectivity index (χ3n) is 2.16. The van der Waals surface area contributed by atoms with Crippen LogP contribution in [0.1, 0.15) is 5.56 Å². The summed E-state index contributed by atoms with van der Waals surface area (Å²) in [6.45, 7) is -0.600. The third-order valence-corrected chi connectivity index (χ3v) is 4.20. The summed E-state index contributed by atoms with van der Waals surface area (Å²) >= 11 is 5.54. The summed E-state index contributed by atoms with van der Waals surface area (Å²) in [4.78, 5) is 9.74. The van der Waals surface area contributed by atoms with Gasteiger partial charge in [-0.3, -0.25) is 10.1 Å². The molecule has 1 rings (SSSR count). The van der Waals surface area contributed by atoms with Gasteiger partial charge in [-0.15, -0.1) is 0 Å². The lowest BCUT2D eigenvalue weighted by Gasteiger charge is -2.10. The molecule has 1 aromatic carbocycles. The van der Waals surface area contributed by atoms with Crippen LogP contribution in [0.4, 0.5) is 13.2 Å². The van der Waals surface area contributed by atoms with E-state index in [2.05, 4.69) is 5.32 Å². The second-order valence-electron chi connectivity index (χ2n) is 3.72. The summed E-state index contributed by atoms with van der Waals surface area (Å²) in [6, 6.07) is 1.84. The number of hydrogen-bond acceptors (Lipinski definition) is 4. The van der Waals surface area contributed by atoms with Gasteiger partial charge in [-0.1, -0.05) is 11.6 Å². The van der Waals surface area contributed by atoms with Crippen LogP contribution in [0.3, 0.4) is 0 Å². The standard InChI is InChI=1S/C10H9ClF3NO4S/c11-7-3-6(10(12,13)14)1-2-8(7)20(18,19)5-15-4-9(16)17/h1-3,15H,4-5H2,(H,16,17). The van der Waals surface area contributed by atoms with Crippen molar-refractivity contribution in [2.75, 3.05) is 12.4 Å². The first-order valence-corrected chi connectivity index (χ1v) is 7.09. The minimum atomic E-state index is -4.63. The molecule has 10 heteroatoms. The summed E-state index contributed by atoms with van der Waals surface area (Å²) in [7, 11) is -4.02. The van der Waals surface area contributed by atoms with Gasteiger partial charge in [0.25, 0.3) is 0 Å². The molecule has 2 N–H and O–H groups in total. The van der Waals surface area contributed by atoms with Crippen LogP contribution >= 0.6 is 11.6 Å². The highest BCUT2D eigenvalue weighted by Crippen LogP contribution is 2.33. The van der Waals surface area contributed by atoms with Crippen molar-refractivity contribution in [3.8, 4) is 0 Å². The lowest BCUT2D eigenvalue weighted by atomic mass is 10.2. The van der Waals surface area contributed by atoms with E-state index >= 15 is 0 Å². The molecule has 5 nitrogen and oxygen atoms in total. The number of alkyl halides is 3. The fraction of sp³-hybridized carbons (Fsp3) is 0.300. The van der Waals surface area contributed by atoms with Crippen molar-refractivity contribution >= 4 is 27.4 Å². The first-order chi connectivity index (χ1) is 9.04. The number of carbonyl (C=O) groups is 1. The average molecular weight is 332 g/mol. The van der Waals surface area contributed by atoms with Crippen LogP contribution in [0, 0.1) is 0 Å². The van der Waals surface area contributed by atoms with Crippen LogP contribution < -0.4 is 5.32 Å². The Hall–Kier alpha value is -1.32. The van der Waals surface area contributed by atoms with Crippen LogP contribution in [0.5, 0.6) is 0 Å². The lowest BCUT2D eigenvalue weighted by molar-refractivity contribution is -0.138. The summed E-state index contributed by atoms with van der Waals surface area (Å²) in [6.07, 6.45) is -4.63. The quantitative estimate of drug-likeness (QED) is 0.859. The average Bonchev–Trinajstić information content (AvgIpc) is 2.26. The zero-order valence-corrected chi connectivity index (χ0v) is 11.3. The van der Waals surface area contributed by atoms with Gasteiger partial charge in [-0.2, -0.15) is 13.2 Å². The minimum absolute atomic E-state index is 0.495. The van der Waals surface area contributed by atoms with Crippen LogP contribution in [0.15, 0.2) is 23.1 Å². The predicted octanol–water partition coefficient (Wildman–Crippen LogP) is 1.76. The number of benzene rings is 1. The van der Waals surface area contributed by atoms with E-state index < -0.39 is 49.9 Å². The molecule has 20 heavy (non-hydrogen) atoms. The van der Waals surface area contributed by atoms with Crippen LogP contribution in [-0.4, -0.2) is 31.9 Å². The fourth-order valence-electron chi connectivity index (χ4n) is 1.30. The largest absolute Gasteiger partial charge is 0.480 e. The first kappa shape index (κ1) is 16.7. The Labute approximate surface area is 117 Å². The molecule has 0 heterocycles. The summed E-state index contributed by atoms with van der Waals surface area (Å²) in [5.74, 6) is -2.01. The Morgan fingerprint density at radius 1 is 1.35 bits per heavy atom. The molecular formula is C10H9ClF3NO4S. The van der Waals surface area contributed by atoms with E-state index in [1.165, 1.54) is 0 Å². The number of aliphatic carboxylic acids is 1.